The summed E-state index contributed by atoms with van der Waals surface area (Å²) in [6.45, 7) is 3.24. The number of hydrogen-bond acceptors (Lipinski definition) is 2. The third kappa shape index (κ3) is 2.24. The van der Waals surface area contributed by atoms with Crippen molar-refractivity contribution in [1.29, 1.82) is 0 Å². The van der Waals surface area contributed by atoms with Gasteiger partial charge in [0.1, 0.15) is 0 Å². The van der Waals surface area contributed by atoms with E-state index in [4.69, 9.17) is 11.2 Å². The van der Waals surface area contributed by atoms with Gasteiger partial charge in [0.15, 0.2) is 5.60 Å². The van der Waals surface area contributed by atoms with Gasteiger partial charge < -0.3 is 4.74 Å². The van der Waals surface area contributed by atoms with E-state index in [-0.39, 0.29) is 5.97 Å². The molecule has 72 valence electrons. The van der Waals surface area contributed by atoms with Crippen molar-refractivity contribution in [2.45, 2.75) is 45.1 Å². The van der Waals surface area contributed by atoms with E-state index in [1.807, 2.05) is 6.92 Å². The van der Waals surface area contributed by atoms with Crippen LogP contribution in [0.2, 0.25) is 0 Å². The van der Waals surface area contributed by atoms with Gasteiger partial charge in [-0.3, -0.25) is 4.79 Å². The molecule has 0 N–H and O–H groups in total. The van der Waals surface area contributed by atoms with Gasteiger partial charge >= 0.3 is 5.97 Å². The summed E-state index contributed by atoms with van der Waals surface area (Å²) in [4.78, 5) is 10.9. The van der Waals surface area contributed by atoms with Crippen LogP contribution in [0.15, 0.2) is 0 Å². The highest BCUT2D eigenvalue weighted by atomic mass is 16.6. The van der Waals surface area contributed by atoms with Crippen molar-refractivity contribution in [1.82, 2.24) is 0 Å². The first kappa shape index (κ1) is 10.1. The average Bonchev–Trinajstić information content (AvgIpc) is 2.55. The Balaban J connectivity index is 2.68. The van der Waals surface area contributed by atoms with Crippen LogP contribution in [0.3, 0.4) is 0 Å². The number of rotatable bonds is 2. The second-order valence-corrected chi connectivity index (χ2v) is 3.83. The minimum absolute atomic E-state index is 0.285. The summed E-state index contributed by atoms with van der Waals surface area (Å²) < 4.78 is 5.20. The van der Waals surface area contributed by atoms with E-state index in [2.05, 4.69) is 5.92 Å². The number of ether oxygens (including phenoxy) is 1. The van der Waals surface area contributed by atoms with Crippen LogP contribution in [0, 0.1) is 18.3 Å². The van der Waals surface area contributed by atoms with Gasteiger partial charge in [-0.2, -0.15) is 0 Å². The molecule has 0 bridgehead atoms. The van der Waals surface area contributed by atoms with Crippen molar-refractivity contribution in [2.24, 2.45) is 5.92 Å². The molecule has 0 aromatic carbocycles. The summed E-state index contributed by atoms with van der Waals surface area (Å²) in [5.74, 6) is 2.67. The maximum absolute atomic E-state index is 10.9. The molecule has 1 saturated carbocycles. The van der Waals surface area contributed by atoms with E-state index in [9.17, 15) is 4.79 Å². The lowest BCUT2D eigenvalue weighted by Crippen LogP contribution is -2.36. The van der Waals surface area contributed by atoms with Crippen LogP contribution in [0.5, 0.6) is 0 Å². The molecule has 1 unspecified atom stereocenters. The van der Waals surface area contributed by atoms with Gasteiger partial charge in [-0.25, -0.2) is 0 Å². The molecule has 1 fully saturated rings. The Kier molecular flexibility index (Phi) is 2.98. The molecule has 0 aromatic rings. The average molecular weight is 180 g/mol. The van der Waals surface area contributed by atoms with Crippen LogP contribution >= 0.6 is 0 Å². The summed E-state index contributed by atoms with van der Waals surface area (Å²) >= 11 is 0. The number of hydrogen-bond donors (Lipinski definition) is 0. The number of terminal acetylenes is 1. The van der Waals surface area contributed by atoms with Crippen LogP contribution in [0.25, 0.3) is 0 Å². The quantitative estimate of drug-likeness (QED) is 0.480. The summed E-state index contributed by atoms with van der Waals surface area (Å²) in [6, 6.07) is 0. The Bertz CT molecular complexity index is 233. The van der Waals surface area contributed by atoms with Crippen molar-refractivity contribution >= 4 is 5.97 Å². The van der Waals surface area contributed by atoms with Crippen molar-refractivity contribution < 1.29 is 9.53 Å². The zero-order valence-electron chi connectivity index (χ0n) is 8.30. The molecule has 0 aliphatic heterocycles. The van der Waals surface area contributed by atoms with Crippen molar-refractivity contribution in [3.05, 3.63) is 0 Å². The van der Waals surface area contributed by atoms with Crippen LogP contribution in [-0.2, 0) is 9.53 Å². The highest BCUT2D eigenvalue weighted by Crippen LogP contribution is 2.35. The zero-order valence-corrected chi connectivity index (χ0v) is 8.30. The molecule has 0 radical (unpaired) electrons. The first-order valence-electron chi connectivity index (χ1n) is 4.76. The second-order valence-electron chi connectivity index (χ2n) is 3.83. The molecule has 0 amide bonds. The number of carbonyl (C=O) groups excluding carboxylic acids is 1. The molecule has 0 saturated heterocycles. The molecule has 2 heteroatoms. The number of carbonyl (C=O) groups is 1. The van der Waals surface area contributed by atoms with Gasteiger partial charge in [0.25, 0.3) is 0 Å². The van der Waals surface area contributed by atoms with Gasteiger partial charge in [-0.05, 0) is 19.8 Å². The third-order valence-electron chi connectivity index (χ3n) is 2.78. The van der Waals surface area contributed by atoms with Gasteiger partial charge in [0, 0.05) is 12.8 Å². The van der Waals surface area contributed by atoms with E-state index in [0.717, 1.165) is 12.8 Å². The molecule has 2 nitrogen and oxygen atoms in total. The summed E-state index contributed by atoms with van der Waals surface area (Å²) in [5, 5.41) is 0. The molecule has 1 aliphatic rings. The van der Waals surface area contributed by atoms with Crippen LogP contribution in [0.1, 0.15) is 39.5 Å². The van der Waals surface area contributed by atoms with Crippen LogP contribution in [0.4, 0.5) is 0 Å². The van der Waals surface area contributed by atoms with Crippen LogP contribution in [-0.4, -0.2) is 11.6 Å². The predicted molar refractivity (Wildman–Crippen MR) is 51.0 cm³/mol. The Hall–Kier alpha value is -0.970. The standard InChI is InChI=1S/C11H16O2/c1-4-11(3,13-9(2)12)10-7-5-6-8-10/h1,10H,5-8H2,2-3H3. The van der Waals surface area contributed by atoms with Crippen molar-refractivity contribution in [3.8, 4) is 12.3 Å². The van der Waals surface area contributed by atoms with E-state index < -0.39 is 5.60 Å². The SMILES string of the molecule is C#CC(C)(OC(C)=O)C1CCCC1. The molecular weight excluding hydrogens is 164 g/mol. The van der Waals surface area contributed by atoms with Crippen molar-refractivity contribution in [2.75, 3.05) is 0 Å². The van der Waals surface area contributed by atoms with E-state index >= 15 is 0 Å². The fourth-order valence-corrected chi connectivity index (χ4v) is 2.01. The maximum Gasteiger partial charge on any atom is 0.304 e. The summed E-state index contributed by atoms with van der Waals surface area (Å²) in [7, 11) is 0. The zero-order chi connectivity index (χ0) is 9.90. The molecular formula is C11H16O2. The molecule has 0 spiro atoms. The Morgan fingerprint density at radius 2 is 2.08 bits per heavy atom. The van der Waals surface area contributed by atoms with Gasteiger partial charge in [0.05, 0.1) is 0 Å². The topological polar surface area (TPSA) is 26.3 Å². The predicted octanol–water partition coefficient (Wildman–Crippen LogP) is 2.13. The van der Waals surface area contributed by atoms with E-state index in [1.54, 1.807) is 0 Å². The second kappa shape index (κ2) is 3.83. The normalized spacial score (nSPS) is 21.9. The highest BCUT2D eigenvalue weighted by molar-refractivity contribution is 5.67. The Morgan fingerprint density at radius 3 is 2.46 bits per heavy atom. The lowest BCUT2D eigenvalue weighted by Gasteiger charge is -2.29. The number of esters is 1. The van der Waals surface area contributed by atoms with E-state index in [1.165, 1.54) is 19.8 Å². The largest absolute Gasteiger partial charge is 0.446 e. The fourth-order valence-electron chi connectivity index (χ4n) is 2.01. The Labute approximate surface area is 79.7 Å². The molecule has 13 heavy (non-hydrogen) atoms. The summed E-state index contributed by atoms with van der Waals surface area (Å²) in [5.41, 5.74) is -0.678. The first-order valence-corrected chi connectivity index (χ1v) is 4.76. The molecule has 0 heterocycles. The van der Waals surface area contributed by atoms with Gasteiger partial charge in [-0.1, -0.05) is 18.8 Å². The minimum Gasteiger partial charge on any atom is -0.446 e. The monoisotopic (exact) mass is 180 g/mol. The van der Waals surface area contributed by atoms with Crippen LogP contribution < -0.4 is 0 Å². The first-order chi connectivity index (χ1) is 6.08. The van der Waals surface area contributed by atoms with Gasteiger partial charge in [-0.15, -0.1) is 6.42 Å². The third-order valence-corrected chi connectivity index (χ3v) is 2.78. The molecule has 1 atom stereocenters. The Morgan fingerprint density at radius 1 is 1.54 bits per heavy atom. The lowest BCUT2D eigenvalue weighted by molar-refractivity contribution is -0.154. The highest BCUT2D eigenvalue weighted by Gasteiger charge is 2.37. The molecule has 1 aliphatic carbocycles. The smallest absolute Gasteiger partial charge is 0.304 e. The van der Waals surface area contributed by atoms with Gasteiger partial charge in [0.2, 0.25) is 0 Å². The van der Waals surface area contributed by atoms with Crippen molar-refractivity contribution in [3.63, 3.8) is 0 Å². The minimum atomic E-state index is -0.678. The molecule has 1 rings (SSSR count). The van der Waals surface area contributed by atoms with E-state index in [0.29, 0.717) is 5.92 Å². The summed E-state index contributed by atoms with van der Waals surface area (Å²) in [6.07, 6.45) is 9.96. The maximum atomic E-state index is 10.9. The lowest BCUT2D eigenvalue weighted by atomic mass is 9.88. The fraction of sp³-hybridized carbons (Fsp3) is 0.727. The molecule has 0 aromatic heterocycles.